The minimum absolute atomic E-state index is 0.553. The Morgan fingerprint density at radius 2 is 1.90 bits per heavy atom. The van der Waals surface area contributed by atoms with Crippen LogP contribution >= 0.6 is 0 Å². The Bertz CT molecular complexity index is 615. The standard InChI is InChI=1S/C15H21N5O/c1-10-5-4-6-13(9-10)21-8-7-17-14-11(2)15(20-16)19-12(3)18-14/h4-6,9H,7-8,16H2,1-3H3,(H2,17,18,19,20). The van der Waals surface area contributed by atoms with Crippen molar-refractivity contribution in [2.75, 3.05) is 23.9 Å². The number of rotatable bonds is 6. The zero-order chi connectivity index (χ0) is 15.2. The highest BCUT2D eigenvalue weighted by Crippen LogP contribution is 2.18. The first kappa shape index (κ1) is 15.1. The molecule has 21 heavy (non-hydrogen) atoms. The molecule has 0 saturated carbocycles. The number of benzene rings is 1. The van der Waals surface area contributed by atoms with Crippen LogP contribution in [0.5, 0.6) is 5.75 Å². The van der Waals surface area contributed by atoms with Gasteiger partial charge in [-0.2, -0.15) is 0 Å². The van der Waals surface area contributed by atoms with Crippen LogP contribution < -0.4 is 21.3 Å². The maximum atomic E-state index is 5.69. The van der Waals surface area contributed by atoms with E-state index in [0.29, 0.717) is 24.8 Å². The van der Waals surface area contributed by atoms with Crippen molar-refractivity contribution < 1.29 is 4.74 Å². The van der Waals surface area contributed by atoms with E-state index in [2.05, 4.69) is 20.7 Å². The van der Waals surface area contributed by atoms with Gasteiger partial charge in [-0.1, -0.05) is 12.1 Å². The van der Waals surface area contributed by atoms with Crippen molar-refractivity contribution in [2.45, 2.75) is 20.8 Å². The fourth-order valence-electron chi connectivity index (χ4n) is 1.98. The van der Waals surface area contributed by atoms with Gasteiger partial charge >= 0.3 is 0 Å². The molecule has 1 aromatic heterocycles. The van der Waals surface area contributed by atoms with Crippen LogP contribution in [-0.4, -0.2) is 23.1 Å². The van der Waals surface area contributed by atoms with Crippen LogP contribution in [0.3, 0.4) is 0 Å². The molecule has 0 aliphatic heterocycles. The zero-order valence-electron chi connectivity index (χ0n) is 12.6. The lowest BCUT2D eigenvalue weighted by Crippen LogP contribution is -2.17. The molecule has 0 fully saturated rings. The average molecular weight is 287 g/mol. The van der Waals surface area contributed by atoms with Gasteiger partial charge in [0.15, 0.2) is 0 Å². The molecule has 0 aliphatic carbocycles. The smallest absolute Gasteiger partial charge is 0.148 e. The Balaban J connectivity index is 1.90. The Morgan fingerprint density at radius 3 is 2.62 bits per heavy atom. The van der Waals surface area contributed by atoms with Gasteiger partial charge in [0.2, 0.25) is 0 Å². The topological polar surface area (TPSA) is 85.1 Å². The third-order valence-electron chi connectivity index (χ3n) is 3.05. The summed E-state index contributed by atoms with van der Waals surface area (Å²) in [6.07, 6.45) is 0. The van der Waals surface area contributed by atoms with Crippen LogP contribution in [0.15, 0.2) is 24.3 Å². The average Bonchev–Trinajstić information content (AvgIpc) is 2.46. The number of aromatic nitrogens is 2. The summed E-state index contributed by atoms with van der Waals surface area (Å²) in [6, 6.07) is 7.98. The van der Waals surface area contributed by atoms with E-state index < -0.39 is 0 Å². The third-order valence-corrected chi connectivity index (χ3v) is 3.05. The number of nitrogens with zero attached hydrogens (tertiary/aromatic N) is 2. The molecule has 1 heterocycles. The maximum Gasteiger partial charge on any atom is 0.148 e. The Labute approximate surface area is 124 Å². The Morgan fingerprint density at radius 1 is 1.14 bits per heavy atom. The van der Waals surface area contributed by atoms with Crippen LogP contribution in [-0.2, 0) is 0 Å². The highest BCUT2D eigenvalue weighted by Gasteiger charge is 2.07. The van der Waals surface area contributed by atoms with Crippen LogP contribution in [0.4, 0.5) is 11.6 Å². The Hall–Kier alpha value is -2.34. The van der Waals surface area contributed by atoms with Gasteiger partial charge in [-0.15, -0.1) is 0 Å². The number of hydrazine groups is 1. The number of nitrogens with one attached hydrogen (secondary N) is 2. The SMILES string of the molecule is Cc1cccc(OCCNc2nc(C)nc(NN)c2C)c1. The lowest BCUT2D eigenvalue weighted by atomic mass is 10.2. The van der Waals surface area contributed by atoms with E-state index in [0.717, 1.165) is 17.1 Å². The minimum Gasteiger partial charge on any atom is -0.492 e. The van der Waals surface area contributed by atoms with Gasteiger partial charge in [0.05, 0.1) is 6.54 Å². The maximum absolute atomic E-state index is 5.69. The van der Waals surface area contributed by atoms with Crippen LogP contribution in [0.2, 0.25) is 0 Å². The van der Waals surface area contributed by atoms with Crippen LogP contribution in [0.1, 0.15) is 17.0 Å². The van der Waals surface area contributed by atoms with E-state index in [1.807, 2.05) is 45.0 Å². The monoisotopic (exact) mass is 287 g/mol. The molecule has 1 aromatic carbocycles. The van der Waals surface area contributed by atoms with Crippen molar-refractivity contribution in [3.63, 3.8) is 0 Å². The van der Waals surface area contributed by atoms with Crippen molar-refractivity contribution in [2.24, 2.45) is 5.84 Å². The molecule has 0 spiro atoms. The van der Waals surface area contributed by atoms with Gasteiger partial charge in [-0.05, 0) is 38.5 Å². The van der Waals surface area contributed by atoms with E-state index >= 15 is 0 Å². The first-order chi connectivity index (χ1) is 10.1. The predicted molar refractivity (Wildman–Crippen MR) is 84.5 cm³/mol. The van der Waals surface area contributed by atoms with E-state index in [4.69, 9.17) is 10.6 Å². The van der Waals surface area contributed by atoms with Crippen molar-refractivity contribution >= 4 is 11.6 Å². The van der Waals surface area contributed by atoms with E-state index in [1.54, 1.807) is 0 Å². The molecule has 4 N–H and O–H groups in total. The molecule has 0 radical (unpaired) electrons. The van der Waals surface area contributed by atoms with Gasteiger partial charge < -0.3 is 15.5 Å². The van der Waals surface area contributed by atoms with Gasteiger partial charge in [0.1, 0.15) is 29.8 Å². The largest absolute Gasteiger partial charge is 0.492 e. The quantitative estimate of drug-likeness (QED) is 0.429. The fraction of sp³-hybridized carbons (Fsp3) is 0.333. The van der Waals surface area contributed by atoms with Crippen LogP contribution in [0.25, 0.3) is 0 Å². The normalized spacial score (nSPS) is 10.3. The lowest BCUT2D eigenvalue weighted by molar-refractivity contribution is 0.332. The molecule has 2 rings (SSSR count). The summed E-state index contributed by atoms with van der Waals surface area (Å²) in [5, 5.41) is 3.24. The highest BCUT2D eigenvalue weighted by atomic mass is 16.5. The molecule has 0 saturated heterocycles. The van der Waals surface area contributed by atoms with Crippen molar-refractivity contribution in [1.82, 2.24) is 9.97 Å². The number of hydrogen-bond acceptors (Lipinski definition) is 6. The summed E-state index contributed by atoms with van der Waals surface area (Å²) >= 11 is 0. The zero-order valence-corrected chi connectivity index (χ0v) is 12.6. The van der Waals surface area contributed by atoms with Gasteiger partial charge in [0.25, 0.3) is 0 Å². The second kappa shape index (κ2) is 6.90. The summed E-state index contributed by atoms with van der Waals surface area (Å²) in [7, 11) is 0. The first-order valence-electron chi connectivity index (χ1n) is 6.85. The number of nitrogen functional groups attached to an aromatic ring is 1. The summed E-state index contributed by atoms with van der Waals surface area (Å²) in [5.74, 6) is 8.37. The molecule has 0 aliphatic rings. The second-order valence-corrected chi connectivity index (χ2v) is 4.83. The summed E-state index contributed by atoms with van der Waals surface area (Å²) in [5.41, 5.74) is 4.65. The van der Waals surface area contributed by atoms with Crippen molar-refractivity contribution in [3.8, 4) is 5.75 Å². The van der Waals surface area contributed by atoms with E-state index in [-0.39, 0.29) is 0 Å². The van der Waals surface area contributed by atoms with Gasteiger partial charge in [-0.25, -0.2) is 15.8 Å². The van der Waals surface area contributed by atoms with Crippen molar-refractivity contribution in [1.29, 1.82) is 0 Å². The molecular weight excluding hydrogens is 266 g/mol. The van der Waals surface area contributed by atoms with Gasteiger partial charge in [0, 0.05) is 5.56 Å². The minimum atomic E-state index is 0.553. The number of nitrogens with two attached hydrogens (primary N) is 1. The molecule has 0 amide bonds. The molecule has 112 valence electrons. The third kappa shape index (κ3) is 4.06. The second-order valence-electron chi connectivity index (χ2n) is 4.83. The molecule has 0 unspecified atom stereocenters. The van der Waals surface area contributed by atoms with E-state index in [1.165, 1.54) is 5.56 Å². The molecule has 6 nitrogen and oxygen atoms in total. The fourth-order valence-corrected chi connectivity index (χ4v) is 1.98. The predicted octanol–water partition coefficient (Wildman–Crippen LogP) is 2.18. The summed E-state index contributed by atoms with van der Waals surface area (Å²) in [4.78, 5) is 8.59. The van der Waals surface area contributed by atoms with E-state index in [9.17, 15) is 0 Å². The van der Waals surface area contributed by atoms with Gasteiger partial charge in [-0.3, -0.25) is 0 Å². The molecule has 6 heteroatoms. The summed E-state index contributed by atoms with van der Waals surface area (Å²) in [6.45, 7) is 6.99. The summed E-state index contributed by atoms with van der Waals surface area (Å²) < 4.78 is 5.69. The molecule has 0 bridgehead atoms. The lowest BCUT2D eigenvalue weighted by Gasteiger charge is -2.13. The molecule has 0 atom stereocenters. The Kier molecular flexibility index (Phi) is 4.94. The number of anilines is 2. The number of aryl methyl sites for hydroxylation is 2. The number of hydrogen-bond donors (Lipinski definition) is 3. The number of ether oxygens (including phenoxy) is 1. The molecular formula is C15H21N5O. The van der Waals surface area contributed by atoms with Crippen molar-refractivity contribution in [3.05, 3.63) is 41.2 Å². The highest BCUT2D eigenvalue weighted by molar-refractivity contribution is 5.56. The molecule has 2 aromatic rings. The van der Waals surface area contributed by atoms with Crippen LogP contribution in [0, 0.1) is 20.8 Å². The first-order valence-corrected chi connectivity index (χ1v) is 6.85.